The van der Waals surface area contributed by atoms with Crippen molar-refractivity contribution in [3.63, 3.8) is 0 Å². The van der Waals surface area contributed by atoms with E-state index in [4.69, 9.17) is 4.84 Å². The van der Waals surface area contributed by atoms with Gasteiger partial charge in [0.15, 0.2) is 0 Å². The number of unbranched alkanes of at least 4 members (excludes halogenated alkanes) is 3. The predicted molar refractivity (Wildman–Crippen MR) is 139 cm³/mol. The highest BCUT2D eigenvalue weighted by molar-refractivity contribution is 6.25. The molecule has 0 spiro atoms. The molecule has 218 valence electrons. The van der Waals surface area contributed by atoms with E-state index in [9.17, 15) is 38.4 Å². The maximum Gasteiger partial charge on any atom is 0.333 e. The number of imide groups is 3. The molecule has 1 aromatic carbocycles. The smallest absolute Gasteiger partial charge is 0.333 e. The van der Waals surface area contributed by atoms with Crippen molar-refractivity contribution in [2.24, 2.45) is 0 Å². The number of hydrogen-bond acceptors (Lipinski definition) is 10. The molecule has 0 bridgehead atoms. The quantitative estimate of drug-likeness (QED) is 0.224. The molecule has 2 fully saturated rings. The van der Waals surface area contributed by atoms with Gasteiger partial charge < -0.3 is 15.5 Å². The van der Waals surface area contributed by atoms with Crippen LogP contribution in [-0.2, 0) is 33.6 Å². The predicted octanol–water partition coefficient (Wildman–Crippen LogP) is 0.564. The molecule has 0 aromatic heterocycles. The molecule has 7 amide bonds. The summed E-state index contributed by atoms with van der Waals surface area (Å²) in [6.07, 6.45) is 3.04. The van der Waals surface area contributed by atoms with Crippen molar-refractivity contribution in [1.29, 1.82) is 0 Å². The lowest BCUT2D eigenvalue weighted by atomic mass is 10.0. The van der Waals surface area contributed by atoms with Crippen molar-refractivity contribution in [2.45, 2.75) is 70.3 Å². The van der Waals surface area contributed by atoms with Gasteiger partial charge in [-0.2, -0.15) is 0 Å². The second kappa shape index (κ2) is 13.2. The summed E-state index contributed by atoms with van der Waals surface area (Å²) < 4.78 is 0. The van der Waals surface area contributed by atoms with Crippen LogP contribution in [0.15, 0.2) is 18.2 Å². The second-order valence-electron chi connectivity index (χ2n) is 9.91. The first kappa shape index (κ1) is 29.4. The van der Waals surface area contributed by atoms with Gasteiger partial charge in [0.2, 0.25) is 17.7 Å². The molecular weight excluding hydrogens is 538 g/mol. The Bertz CT molecular complexity index is 1280. The number of hydroxylamine groups is 2. The molecule has 3 heterocycles. The molecule has 3 aliphatic heterocycles. The van der Waals surface area contributed by atoms with Gasteiger partial charge in [0.05, 0.1) is 11.1 Å². The first-order valence-corrected chi connectivity index (χ1v) is 13.6. The first-order valence-electron chi connectivity index (χ1n) is 13.6. The molecule has 1 atom stereocenters. The third-order valence-corrected chi connectivity index (χ3v) is 6.96. The Morgan fingerprint density at radius 3 is 2.29 bits per heavy atom. The molecule has 2 saturated heterocycles. The Hall–Kier alpha value is -4.62. The highest BCUT2D eigenvalue weighted by Gasteiger charge is 2.45. The number of nitrogens with zero attached hydrogens (tertiary/aromatic N) is 2. The fourth-order valence-corrected chi connectivity index (χ4v) is 4.86. The van der Waals surface area contributed by atoms with Gasteiger partial charge >= 0.3 is 5.97 Å². The van der Waals surface area contributed by atoms with Crippen molar-refractivity contribution in [3.8, 4) is 0 Å². The monoisotopic (exact) mass is 569 g/mol. The van der Waals surface area contributed by atoms with Crippen molar-refractivity contribution < 1.29 is 43.2 Å². The van der Waals surface area contributed by atoms with Crippen LogP contribution in [0.5, 0.6) is 0 Å². The fourth-order valence-electron chi connectivity index (χ4n) is 4.86. The van der Waals surface area contributed by atoms with E-state index in [1.165, 1.54) is 6.07 Å². The number of nitrogens with one attached hydrogen (secondary N) is 3. The topological polar surface area (TPSA) is 188 Å². The molecule has 3 N–H and O–H groups in total. The van der Waals surface area contributed by atoms with E-state index in [2.05, 4.69) is 16.0 Å². The van der Waals surface area contributed by atoms with Crippen LogP contribution in [-0.4, -0.2) is 76.4 Å². The molecule has 0 saturated carbocycles. The number of benzene rings is 1. The summed E-state index contributed by atoms with van der Waals surface area (Å²) in [4.78, 5) is 102. The Labute approximate surface area is 235 Å². The number of hydrogen-bond donors (Lipinski definition) is 3. The van der Waals surface area contributed by atoms with E-state index in [0.29, 0.717) is 36.4 Å². The first-order chi connectivity index (χ1) is 19.7. The summed E-state index contributed by atoms with van der Waals surface area (Å²) >= 11 is 0. The van der Waals surface area contributed by atoms with Crippen molar-refractivity contribution in [3.05, 3.63) is 29.3 Å². The van der Waals surface area contributed by atoms with E-state index < -0.39 is 47.5 Å². The van der Waals surface area contributed by atoms with E-state index in [0.717, 1.165) is 4.90 Å². The van der Waals surface area contributed by atoms with E-state index >= 15 is 0 Å². The van der Waals surface area contributed by atoms with Gasteiger partial charge in [-0.05, 0) is 31.4 Å². The standard InChI is InChI=1S/C27H31N5O9/c33-19(8-3-1-2-4-9-23(37)41-32-21(35)12-13-22(32)36)29-15-14-28-17-7-5-6-16-24(17)27(40)31(26(16)39)18-10-11-20(34)30-25(18)38/h5-7,18,28H,1-4,8-15H2,(H,29,33)(H,30,34,38). The van der Waals surface area contributed by atoms with Crippen LogP contribution in [0.4, 0.5) is 5.69 Å². The summed E-state index contributed by atoms with van der Waals surface area (Å²) in [5, 5.41) is 8.53. The van der Waals surface area contributed by atoms with Crippen LogP contribution in [0.1, 0.15) is 84.9 Å². The molecule has 4 rings (SSSR count). The molecule has 14 heteroatoms. The number of rotatable bonds is 13. The van der Waals surface area contributed by atoms with Gasteiger partial charge in [0, 0.05) is 50.9 Å². The van der Waals surface area contributed by atoms with Crippen LogP contribution in [0.25, 0.3) is 0 Å². The number of piperidine rings is 1. The lowest BCUT2D eigenvalue weighted by Gasteiger charge is -2.27. The molecule has 14 nitrogen and oxygen atoms in total. The number of anilines is 1. The minimum atomic E-state index is -1.05. The van der Waals surface area contributed by atoms with E-state index in [-0.39, 0.29) is 68.6 Å². The second-order valence-corrected chi connectivity index (χ2v) is 9.91. The normalized spacial score (nSPS) is 18.5. The maximum absolute atomic E-state index is 13.1. The summed E-state index contributed by atoms with van der Waals surface area (Å²) in [6, 6.07) is 3.71. The maximum atomic E-state index is 13.1. The van der Waals surface area contributed by atoms with Crippen LogP contribution >= 0.6 is 0 Å². The Morgan fingerprint density at radius 1 is 0.878 bits per heavy atom. The number of carbonyl (C=O) groups excluding carboxylic acids is 8. The lowest BCUT2D eigenvalue weighted by Crippen LogP contribution is -2.54. The fraction of sp³-hybridized carbons (Fsp3) is 0.481. The van der Waals surface area contributed by atoms with Gasteiger partial charge in [0.1, 0.15) is 6.04 Å². The van der Waals surface area contributed by atoms with Crippen LogP contribution in [0.3, 0.4) is 0 Å². The summed E-state index contributed by atoms with van der Waals surface area (Å²) in [6.45, 7) is 0.549. The average Bonchev–Trinajstić information content (AvgIpc) is 3.39. The molecule has 1 unspecified atom stereocenters. The number of fused-ring (bicyclic) bond motifs is 1. The van der Waals surface area contributed by atoms with Gasteiger partial charge in [-0.1, -0.05) is 18.9 Å². The van der Waals surface area contributed by atoms with Crippen LogP contribution in [0.2, 0.25) is 0 Å². The molecule has 1 aromatic rings. The van der Waals surface area contributed by atoms with Crippen LogP contribution < -0.4 is 16.0 Å². The summed E-state index contributed by atoms with van der Waals surface area (Å²) in [5.74, 6) is -4.16. The highest BCUT2D eigenvalue weighted by Crippen LogP contribution is 2.32. The molecule has 0 radical (unpaired) electrons. The third kappa shape index (κ3) is 6.94. The minimum absolute atomic E-state index is 0.0362. The van der Waals surface area contributed by atoms with Gasteiger partial charge in [0.25, 0.3) is 23.6 Å². The van der Waals surface area contributed by atoms with Gasteiger partial charge in [-0.25, -0.2) is 4.79 Å². The third-order valence-electron chi connectivity index (χ3n) is 6.96. The minimum Gasteiger partial charge on any atom is -0.383 e. The summed E-state index contributed by atoms with van der Waals surface area (Å²) in [5.41, 5.74) is 0.720. The van der Waals surface area contributed by atoms with Crippen molar-refractivity contribution in [2.75, 3.05) is 18.4 Å². The Morgan fingerprint density at radius 2 is 1.59 bits per heavy atom. The molecule has 3 aliphatic rings. The summed E-state index contributed by atoms with van der Waals surface area (Å²) in [7, 11) is 0. The van der Waals surface area contributed by atoms with Crippen molar-refractivity contribution >= 4 is 53.0 Å². The Balaban J connectivity index is 1.13. The zero-order valence-electron chi connectivity index (χ0n) is 22.4. The van der Waals surface area contributed by atoms with Gasteiger partial charge in [-0.3, -0.25) is 43.8 Å². The van der Waals surface area contributed by atoms with E-state index in [1.807, 2.05) is 0 Å². The van der Waals surface area contributed by atoms with Crippen molar-refractivity contribution in [1.82, 2.24) is 20.6 Å². The molecular formula is C27H31N5O9. The molecule has 0 aliphatic carbocycles. The van der Waals surface area contributed by atoms with Gasteiger partial charge in [-0.15, -0.1) is 5.06 Å². The zero-order chi connectivity index (χ0) is 29.5. The average molecular weight is 570 g/mol. The highest BCUT2D eigenvalue weighted by atomic mass is 16.7. The lowest BCUT2D eigenvalue weighted by molar-refractivity contribution is -0.197. The van der Waals surface area contributed by atoms with Crippen LogP contribution in [0, 0.1) is 0 Å². The number of amides is 7. The molecule has 41 heavy (non-hydrogen) atoms. The SMILES string of the molecule is O=C(CCCCCCC(=O)ON1C(=O)CCC1=O)NCCNc1cccc2c1C(=O)N(C1CCC(=O)NC1=O)C2=O. The van der Waals surface area contributed by atoms with E-state index in [1.54, 1.807) is 12.1 Å². The number of carbonyl (C=O) groups is 8. The zero-order valence-corrected chi connectivity index (χ0v) is 22.4. The Kier molecular flexibility index (Phi) is 9.42. The largest absolute Gasteiger partial charge is 0.383 e.